The molecule has 0 saturated carbocycles. The highest BCUT2D eigenvalue weighted by molar-refractivity contribution is 5.92. The molecule has 1 aliphatic heterocycles. The van der Waals surface area contributed by atoms with Crippen LogP contribution in [0.4, 0.5) is 4.79 Å². The molecular formula is C20H28N2O5. The molecule has 2 rings (SSSR count). The minimum atomic E-state index is -0.286. The Morgan fingerprint density at radius 2 is 1.93 bits per heavy atom. The van der Waals surface area contributed by atoms with Crippen LogP contribution >= 0.6 is 0 Å². The molecular weight excluding hydrogens is 348 g/mol. The summed E-state index contributed by atoms with van der Waals surface area (Å²) in [6.45, 7) is 5.80. The van der Waals surface area contributed by atoms with E-state index in [-0.39, 0.29) is 18.0 Å². The predicted molar refractivity (Wildman–Crippen MR) is 103 cm³/mol. The maximum absolute atomic E-state index is 12.2. The lowest BCUT2D eigenvalue weighted by Crippen LogP contribution is -2.46. The molecule has 0 radical (unpaired) electrons. The first kappa shape index (κ1) is 20.6. The fourth-order valence-electron chi connectivity index (χ4n) is 2.90. The number of hydrogen-bond donors (Lipinski definition) is 1. The number of hydrogen-bond acceptors (Lipinski definition) is 5. The Hall–Kier alpha value is -2.70. The fourth-order valence-corrected chi connectivity index (χ4v) is 2.90. The summed E-state index contributed by atoms with van der Waals surface area (Å²) >= 11 is 0. The van der Waals surface area contributed by atoms with Crippen molar-refractivity contribution < 1.29 is 23.8 Å². The molecule has 0 atom stereocenters. The van der Waals surface area contributed by atoms with Crippen molar-refractivity contribution in [1.82, 2.24) is 10.2 Å². The summed E-state index contributed by atoms with van der Waals surface area (Å²) in [7, 11) is 1.58. The fraction of sp³-hybridized carbons (Fsp3) is 0.500. The first-order valence-corrected chi connectivity index (χ1v) is 9.28. The van der Waals surface area contributed by atoms with Gasteiger partial charge < -0.3 is 24.4 Å². The zero-order valence-corrected chi connectivity index (χ0v) is 16.2. The normalized spacial score (nSPS) is 14.9. The minimum Gasteiger partial charge on any atom is -0.493 e. The number of carbonyl (C=O) groups excluding carboxylic acids is 2. The monoisotopic (exact) mass is 376 g/mol. The van der Waals surface area contributed by atoms with E-state index in [1.54, 1.807) is 25.0 Å². The van der Waals surface area contributed by atoms with Crippen LogP contribution in [0.25, 0.3) is 6.08 Å². The molecule has 1 fully saturated rings. The van der Waals surface area contributed by atoms with Crippen LogP contribution in [0.2, 0.25) is 0 Å². The summed E-state index contributed by atoms with van der Waals surface area (Å²) in [5.41, 5.74) is 0.850. The van der Waals surface area contributed by atoms with Crippen LogP contribution in [0.3, 0.4) is 0 Å². The molecule has 0 aliphatic carbocycles. The van der Waals surface area contributed by atoms with Crippen LogP contribution in [0, 0.1) is 0 Å². The van der Waals surface area contributed by atoms with E-state index in [1.807, 2.05) is 25.1 Å². The van der Waals surface area contributed by atoms with Crippen molar-refractivity contribution in [2.45, 2.75) is 32.7 Å². The summed E-state index contributed by atoms with van der Waals surface area (Å²) < 4.78 is 15.8. The van der Waals surface area contributed by atoms with Crippen LogP contribution < -0.4 is 14.8 Å². The molecule has 148 valence electrons. The first-order valence-electron chi connectivity index (χ1n) is 9.28. The van der Waals surface area contributed by atoms with Gasteiger partial charge in [-0.1, -0.05) is 6.07 Å². The van der Waals surface area contributed by atoms with Gasteiger partial charge in [0.15, 0.2) is 11.5 Å². The smallest absolute Gasteiger partial charge is 0.409 e. The Morgan fingerprint density at radius 3 is 2.56 bits per heavy atom. The molecule has 1 N–H and O–H groups in total. The SMILES string of the molecule is CCOC(=O)N1CCC(NC(=O)/C=C/c2ccc(OCC)c(OC)c2)CC1. The minimum absolute atomic E-state index is 0.0580. The number of likely N-dealkylation sites (tertiary alicyclic amines) is 1. The van der Waals surface area contributed by atoms with Crippen LogP contribution in [-0.2, 0) is 9.53 Å². The van der Waals surface area contributed by atoms with Crippen LogP contribution in [0.15, 0.2) is 24.3 Å². The Bertz CT molecular complexity index is 666. The second-order valence-electron chi connectivity index (χ2n) is 6.15. The van der Waals surface area contributed by atoms with E-state index < -0.39 is 0 Å². The average molecular weight is 376 g/mol. The Balaban J connectivity index is 1.84. The van der Waals surface area contributed by atoms with Crippen molar-refractivity contribution in [2.24, 2.45) is 0 Å². The Morgan fingerprint density at radius 1 is 1.19 bits per heavy atom. The van der Waals surface area contributed by atoms with Crippen molar-refractivity contribution in [2.75, 3.05) is 33.4 Å². The number of benzene rings is 1. The number of nitrogens with one attached hydrogen (secondary N) is 1. The van der Waals surface area contributed by atoms with Gasteiger partial charge in [0.05, 0.1) is 20.3 Å². The van der Waals surface area contributed by atoms with Crippen LogP contribution in [-0.4, -0.2) is 56.4 Å². The molecule has 1 aromatic rings. The second-order valence-corrected chi connectivity index (χ2v) is 6.15. The third kappa shape index (κ3) is 6.20. The van der Waals surface area contributed by atoms with Crippen LogP contribution in [0.1, 0.15) is 32.3 Å². The summed E-state index contributed by atoms with van der Waals surface area (Å²) in [6.07, 6.45) is 4.39. The molecule has 1 saturated heterocycles. The van der Waals surface area contributed by atoms with Gasteiger partial charge in [-0.2, -0.15) is 0 Å². The molecule has 0 unspecified atom stereocenters. The zero-order chi connectivity index (χ0) is 19.6. The Labute approximate surface area is 160 Å². The number of nitrogens with zero attached hydrogens (tertiary/aromatic N) is 1. The van der Waals surface area contributed by atoms with Gasteiger partial charge in [0, 0.05) is 25.2 Å². The topological polar surface area (TPSA) is 77.1 Å². The number of carbonyl (C=O) groups is 2. The van der Waals surface area contributed by atoms with Crippen molar-refractivity contribution >= 4 is 18.1 Å². The van der Waals surface area contributed by atoms with Gasteiger partial charge in [-0.15, -0.1) is 0 Å². The van der Waals surface area contributed by atoms with Gasteiger partial charge in [0.2, 0.25) is 5.91 Å². The van der Waals surface area contributed by atoms with Gasteiger partial charge >= 0.3 is 6.09 Å². The van der Waals surface area contributed by atoms with Gasteiger partial charge in [0.25, 0.3) is 0 Å². The van der Waals surface area contributed by atoms with Gasteiger partial charge in [-0.25, -0.2) is 4.79 Å². The Kier molecular flexibility index (Phi) is 7.98. The maximum Gasteiger partial charge on any atom is 0.409 e. The molecule has 7 heteroatoms. The first-order chi connectivity index (χ1) is 13.1. The quantitative estimate of drug-likeness (QED) is 0.741. The van der Waals surface area contributed by atoms with E-state index in [2.05, 4.69) is 5.32 Å². The van der Waals surface area contributed by atoms with Crippen molar-refractivity contribution in [3.8, 4) is 11.5 Å². The number of ether oxygens (including phenoxy) is 3. The number of rotatable bonds is 7. The third-order valence-electron chi connectivity index (χ3n) is 4.28. The number of methoxy groups -OCH3 is 1. The lowest BCUT2D eigenvalue weighted by Gasteiger charge is -2.31. The molecule has 27 heavy (non-hydrogen) atoms. The van der Waals surface area contributed by atoms with Crippen molar-refractivity contribution in [3.63, 3.8) is 0 Å². The number of piperidine rings is 1. The van der Waals surface area contributed by atoms with E-state index in [0.29, 0.717) is 37.8 Å². The average Bonchev–Trinajstić information content (AvgIpc) is 2.68. The van der Waals surface area contributed by atoms with E-state index in [0.717, 1.165) is 18.4 Å². The lowest BCUT2D eigenvalue weighted by molar-refractivity contribution is -0.117. The van der Waals surface area contributed by atoms with Crippen LogP contribution in [0.5, 0.6) is 11.5 Å². The molecule has 0 aromatic heterocycles. The molecule has 1 heterocycles. The highest BCUT2D eigenvalue weighted by atomic mass is 16.6. The van der Waals surface area contributed by atoms with E-state index >= 15 is 0 Å². The molecule has 0 bridgehead atoms. The summed E-state index contributed by atoms with van der Waals surface area (Å²) in [5, 5.41) is 2.98. The third-order valence-corrected chi connectivity index (χ3v) is 4.28. The van der Waals surface area contributed by atoms with E-state index in [9.17, 15) is 9.59 Å². The van der Waals surface area contributed by atoms with Crippen molar-refractivity contribution in [1.29, 1.82) is 0 Å². The summed E-state index contributed by atoms with van der Waals surface area (Å²) in [5.74, 6) is 1.15. The lowest BCUT2D eigenvalue weighted by atomic mass is 10.1. The maximum atomic E-state index is 12.2. The summed E-state index contributed by atoms with van der Waals surface area (Å²) in [6, 6.07) is 5.58. The second kappa shape index (κ2) is 10.4. The van der Waals surface area contributed by atoms with Gasteiger partial charge in [-0.3, -0.25) is 4.79 Å². The zero-order valence-electron chi connectivity index (χ0n) is 16.2. The highest BCUT2D eigenvalue weighted by Crippen LogP contribution is 2.28. The van der Waals surface area contributed by atoms with E-state index in [4.69, 9.17) is 14.2 Å². The summed E-state index contributed by atoms with van der Waals surface area (Å²) in [4.78, 5) is 25.5. The molecule has 2 amide bonds. The van der Waals surface area contributed by atoms with Gasteiger partial charge in [0.1, 0.15) is 0 Å². The standard InChI is InChI=1S/C20H28N2O5/c1-4-26-17-8-6-15(14-18(17)25-3)7-9-19(23)21-16-10-12-22(13-11-16)20(24)27-5-2/h6-9,14,16H,4-5,10-13H2,1-3H3,(H,21,23)/b9-7+. The predicted octanol–water partition coefficient (Wildman–Crippen LogP) is 2.84. The molecule has 1 aliphatic rings. The number of amides is 2. The molecule has 1 aromatic carbocycles. The highest BCUT2D eigenvalue weighted by Gasteiger charge is 2.24. The molecule has 7 nitrogen and oxygen atoms in total. The van der Waals surface area contributed by atoms with E-state index in [1.165, 1.54) is 6.08 Å². The van der Waals surface area contributed by atoms with Gasteiger partial charge in [-0.05, 0) is 50.5 Å². The largest absolute Gasteiger partial charge is 0.493 e. The molecule has 0 spiro atoms. The van der Waals surface area contributed by atoms with Crippen molar-refractivity contribution in [3.05, 3.63) is 29.8 Å².